The van der Waals surface area contributed by atoms with Crippen LogP contribution >= 0.6 is 0 Å². The number of carbonyl (C=O) groups excluding carboxylic acids is 2. The highest BCUT2D eigenvalue weighted by Gasteiger charge is 2.26. The van der Waals surface area contributed by atoms with Crippen LogP contribution in [0.15, 0.2) is 42.5 Å². The largest absolute Gasteiger partial charge is 0.490 e. The van der Waals surface area contributed by atoms with Gasteiger partial charge in [-0.1, -0.05) is 44.2 Å². The molecule has 1 unspecified atom stereocenters. The fraction of sp³-hybridized carbons (Fsp3) is 0.500. The lowest BCUT2D eigenvalue weighted by Crippen LogP contribution is -2.48. The second kappa shape index (κ2) is 13.6. The van der Waals surface area contributed by atoms with Gasteiger partial charge in [0.15, 0.2) is 11.5 Å². The van der Waals surface area contributed by atoms with Crippen molar-refractivity contribution in [3.8, 4) is 11.5 Å². The van der Waals surface area contributed by atoms with Crippen LogP contribution in [-0.2, 0) is 22.6 Å². The van der Waals surface area contributed by atoms with Gasteiger partial charge in [-0.05, 0) is 68.9 Å². The first-order valence-electron chi connectivity index (χ1n) is 12.3. The maximum Gasteiger partial charge on any atom is 0.242 e. The number of hydrogen-bond donors (Lipinski definition) is 1. The molecule has 0 fully saturated rings. The van der Waals surface area contributed by atoms with Gasteiger partial charge in [0, 0.05) is 19.5 Å². The molecule has 0 heterocycles. The van der Waals surface area contributed by atoms with Crippen molar-refractivity contribution in [1.82, 2.24) is 10.2 Å². The molecule has 0 saturated heterocycles. The van der Waals surface area contributed by atoms with E-state index in [1.807, 2.05) is 63.2 Å². The van der Waals surface area contributed by atoms with Crippen LogP contribution in [0.1, 0.15) is 57.7 Å². The Kier molecular flexibility index (Phi) is 10.9. The molecule has 2 rings (SSSR count). The van der Waals surface area contributed by atoms with E-state index < -0.39 is 6.04 Å². The Bertz CT molecular complexity index is 942. The van der Waals surface area contributed by atoms with E-state index in [1.54, 1.807) is 11.8 Å². The van der Waals surface area contributed by atoms with Gasteiger partial charge in [0.2, 0.25) is 11.8 Å². The first-order valence-corrected chi connectivity index (χ1v) is 12.3. The summed E-state index contributed by atoms with van der Waals surface area (Å²) in [5, 5.41) is 2.97. The summed E-state index contributed by atoms with van der Waals surface area (Å²) < 4.78 is 11.4. The molecule has 0 aliphatic carbocycles. The number of amides is 2. The third-order valence-corrected chi connectivity index (χ3v) is 5.69. The van der Waals surface area contributed by atoms with Crippen LogP contribution in [0.4, 0.5) is 0 Å². The summed E-state index contributed by atoms with van der Waals surface area (Å²) in [5.74, 6) is 1.55. The summed E-state index contributed by atoms with van der Waals surface area (Å²) >= 11 is 0. The summed E-state index contributed by atoms with van der Waals surface area (Å²) in [6.07, 6.45) is 0.850. The average molecular weight is 469 g/mol. The molecule has 2 aromatic rings. The molecule has 186 valence electrons. The highest BCUT2D eigenvalue weighted by molar-refractivity contribution is 5.87. The van der Waals surface area contributed by atoms with Gasteiger partial charge in [0.05, 0.1) is 13.2 Å². The molecule has 2 aromatic carbocycles. The van der Waals surface area contributed by atoms with E-state index >= 15 is 0 Å². The first-order chi connectivity index (χ1) is 16.3. The predicted octanol–water partition coefficient (Wildman–Crippen LogP) is 4.91. The van der Waals surface area contributed by atoms with Gasteiger partial charge in [-0.25, -0.2) is 0 Å². The minimum atomic E-state index is -0.565. The average Bonchev–Trinajstić information content (AvgIpc) is 2.81. The highest BCUT2D eigenvalue weighted by Crippen LogP contribution is 2.29. The summed E-state index contributed by atoms with van der Waals surface area (Å²) in [4.78, 5) is 27.9. The van der Waals surface area contributed by atoms with E-state index in [1.165, 1.54) is 0 Å². The fourth-order valence-corrected chi connectivity index (χ4v) is 3.65. The zero-order chi connectivity index (χ0) is 25.1. The number of nitrogens with zero attached hydrogens (tertiary/aromatic N) is 1. The van der Waals surface area contributed by atoms with Crippen LogP contribution in [0.2, 0.25) is 0 Å². The molecule has 0 aromatic heterocycles. The molecule has 0 bridgehead atoms. The minimum absolute atomic E-state index is 0.0534. The van der Waals surface area contributed by atoms with E-state index in [0.717, 1.165) is 16.7 Å². The molecule has 0 aliphatic rings. The number of nitrogens with one attached hydrogen (secondary N) is 1. The number of hydrogen-bond acceptors (Lipinski definition) is 4. The topological polar surface area (TPSA) is 67.9 Å². The summed E-state index contributed by atoms with van der Waals surface area (Å²) in [6, 6.07) is 13.2. The van der Waals surface area contributed by atoms with Crippen molar-refractivity contribution in [2.45, 2.75) is 67.0 Å². The quantitative estimate of drug-likeness (QED) is 0.453. The van der Waals surface area contributed by atoms with Gasteiger partial charge in [-0.15, -0.1) is 0 Å². The lowest BCUT2D eigenvalue weighted by atomic mass is 10.0. The smallest absolute Gasteiger partial charge is 0.242 e. The molecule has 2 amide bonds. The third-order valence-electron chi connectivity index (χ3n) is 5.69. The second-order valence-electron chi connectivity index (χ2n) is 8.91. The van der Waals surface area contributed by atoms with Crippen LogP contribution in [0.25, 0.3) is 0 Å². The number of carbonyl (C=O) groups is 2. The molecule has 1 atom stereocenters. The van der Waals surface area contributed by atoms with E-state index in [9.17, 15) is 9.59 Å². The molecule has 0 aliphatic heterocycles. The van der Waals surface area contributed by atoms with Gasteiger partial charge in [-0.2, -0.15) is 0 Å². The Morgan fingerprint density at radius 1 is 0.971 bits per heavy atom. The van der Waals surface area contributed by atoms with Crippen molar-refractivity contribution < 1.29 is 19.1 Å². The molecule has 6 heteroatoms. The van der Waals surface area contributed by atoms with Crippen LogP contribution in [-0.4, -0.2) is 42.5 Å². The standard InChI is InChI=1S/C28H40N2O4/c1-7-33-25-15-13-23(17-26(25)34-8-2)14-16-27(31)30(19-24-12-10-9-11-21(24)5)22(6)28(32)29-18-20(3)4/h9-13,15,17,20,22H,7-8,14,16,18-19H2,1-6H3,(H,29,32). The van der Waals surface area contributed by atoms with Crippen molar-refractivity contribution in [1.29, 1.82) is 0 Å². The number of ether oxygens (including phenoxy) is 2. The van der Waals surface area contributed by atoms with Gasteiger partial charge in [-0.3, -0.25) is 9.59 Å². The third kappa shape index (κ3) is 8.08. The van der Waals surface area contributed by atoms with Crippen LogP contribution in [0.5, 0.6) is 11.5 Å². The van der Waals surface area contributed by atoms with Crippen molar-refractivity contribution >= 4 is 11.8 Å². The Morgan fingerprint density at radius 3 is 2.29 bits per heavy atom. The zero-order valence-corrected chi connectivity index (χ0v) is 21.5. The maximum absolute atomic E-state index is 13.4. The molecule has 0 spiro atoms. The molecular weight excluding hydrogens is 428 g/mol. The molecular formula is C28H40N2O4. The lowest BCUT2D eigenvalue weighted by Gasteiger charge is -2.29. The molecule has 1 N–H and O–H groups in total. The summed E-state index contributed by atoms with van der Waals surface area (Å²) in [5.41, 5.74) is 3.13. The molecule has 34 heavy (non-hydrogen) atoms. The van der Waals surface area contributed by atoms with E-state index in [4.69, 9.17) is 9.47 Å². The van der Waals surface area contributed by atoms with Gasteiger partial charge >= 0.3 is 0 Å². The predicted molar refractivity (Wildman–Crippen MR) is 136 cm³/mol. The number of benzene rings is 2. The molecule has 0 saturated carbocycles. The van der Waals surface area contributed by atoms with Crippen molar-refractivity contribution in [3.05, 3.63) is 59.2 Å². The van der Waals surface area contributed by atoms with E-state index in [2.05, 4.69) is 19.2 Å². The Morgan fingerprint density at radius 2 is 1.65 bits per heavy atom. The van der Waals surface area contributed by atoms with Crippen LogP contribution in [0.3, 0.4) is 0 Å². The minimum Gasteiger partial charge on any atom is -0.490 e. The van der Waals surface area contributed by atoms with Crippen molar-refractivity contribution in [3.63, 3.8) is 0 Å². The van der Waals surface area contributed by atoms with E-state index in [0.29, 0.717) is 56.6 Å². The van der Waals surface area contributed by atoms with Gasteiger partial charge < -0.3 is 19.7 Å². The monoisotopic (exact) mass is 468 g/mol. The highest BCUT2D eigenvalue weighted by atomic mass is 16.5. The normalized spacial score (nSPS) is 11.7. The SMILES string of the molecule is CCOc1ccc(CCC(=O)N(Cc2ccccc2C)C(C)C(=O)NCC(C)C)cc1OCC. The van der Waals surface area contributed by atoms with Crippen LogP contribution < -0.4 is 14.8 Å². The number of rotatable bonds is 13. The summed E-state index contributed by atoms with van der Waals surface area (Å²) in [6.45, 7) is 13.9. The number of aryl methyl sites for hydroxylation is 2. The first kappa shape index (κ1) is 27.2. The second-order valence-corrected chi connectivity index (χ2v) is 8.91. The maximum atomic E-state index is 13.4. The molecule has 6 nitrogen and oxygen atoms in total. The Labute approximate surface area is 204 Å². The lowest BCUT2D eigenvalue weighted by molar-refractivity contribution is -0.140. The van der Waals surface area contributed by atoms with Crippen molar-refractivity contribution in [2.75, 3.05) is 19.8 Å². The van der Waals surface area contributed by atoms with E-state index in [-0.39, 0.29) is 11.8 Å². The Hall–Kier alpha value is -3.02. The van der Waals surface area contributed by atoms with Crippen molar-refractivity contribution in [2.24, 2.45) is 5.92 Å². The fourth-order valence-electron chi connectivity index (χ4n) is 3.65. The summed E-state index contributed by atoms with van der Waals surface area (Å²) in [7, 11) is 0. The molecule has 0 radical (unpaired) electrons. The van der Waals surface area contributed by atoms with Gasteiger partial charge in [0.1, 0.15) is 6.04 Å². The van der Waals surface area contributed by atoms with Crippen LogP contribution in [0, 0.1) is 12.8 Å². The van der Waals surface area contributed by atoms with Gasteiger partial charge in [0.25, 0.3) is 0 Å². The Balaban J connectivity index is 2.18. The zero-order valence-electron chi connectivity index (χ0n) is 21.5.